The average Bonchev–Trinajstić information content (AvgIpc) is 2.73. The highest BCUT2D eigenvalue weighted by Gasteiger charge is 2.06. The fourth-order valence-electron chi connectivity index (χ4n) is 2.69. The highest BCUT2D eigenvalue weighted by molar-refractivity contribution is 5.93. The van der Waals surface area contributed by atoms with Crippen molar-refractivity contribution in [3.63, 3.8) is 0 Å². The van der Waals surface area contributed by atoms with Crippen molar-refractivity contribution in [2.45, 2.75) is 0 Å². The lowest BCUT2D eigenvalue weighted by molar-refractivity contribution is 0.474. The first-order valence-electron chi connectivity index (χ1n) is 8.51. The van der Waals surface area contributed by atoms with Gasteiger partial charge in [-0.15, -0.1) is 0 Å². The predicted octanol–water partition coefficient (Wildman–Crippen LogP) is 5.23. The number of allylic oxidation sites excluding steroid dienone is 2. The monoisotopic (exact) mass is 364 g/mol. The van der Waals surface area contributed by atoms with Crippen molar-refractivity contribution in [2.24, 2.45) is 0 Å². The maximum Gasteiger partial charge on any atom is 0.115 e. The molecule has 0 aliphatic heterocycles. The van der Waals surface area contributed by atoms with Gasteiger partial charge in [-0.25, -0.2) is 0 Å². The van der Waals surface area contributed by atoms with E-state index < -0.39 is 0 Å². The fourth-order valence-corrected chi connectivity index (χ4v) is 2.69. The number of nitrogens with zero attached hydrogens (tertiary/aromatic N) is 2. The van der Waals surface area contributed by atoms with E-state index in [0.717, 1.165) is 11.1 Å². The van der Waals surface area contributed by atoms with Crippen molar-refractivity contribution in [3.8, 4) is 23.6 Å². The largest absolute Gasteiger partial charge is 0.508 e. The first-order valence-corrected chi connectivity index (χ1v) is 8.51. The molecule has 0 radical (unpaired) electrons. The van der Waals surface area contributed by atoms with Crippen molar-refractivity contribution >= 4 is 23.3 Å². The van der Waals surface area contributed by atoms with Crippen LogP contribution in [0.25, 0.3) is 23.3 Å². The summed E-state index contributed by atoms with van der Waals surface area (Å²) in [5.74, 6) is 0.325. The first kappa shape index (κ1) is 18.5. The number of phenolic OH excluding ortho intramolecular Hbond substituents is 2. The lowest BCUT2D eigenvalue weighted by Gasteiger charge is -2.05. The molecule has 0 saturated carbocycles. The SMILES string of the molecule is N#CC(=Cc1ccc(O)cc1)c1cccc(C(C#N)=Cc2ccc(O)cc2)c1. The first-order chi connectivity index (χ1) is 13.6. The molecule has 0 heterocycles. The molecule has 0 aromatic heterocycles. The number of benzene rings is 3. The highest BCUT2D eigenvalue weighted by atomic mass is 16.3. The summed E-state index contributed by atoms with van der Waals surface area (Å²) < 4.78 is 0. The lowest BCUT2D eigenvalue weighted by atomic mass is 9.97. The molecular formula is C24H16N2O2. The number of hydrogen-bond acceptors (Lipinski definition) is 4. The smallest absolute Gasteiger partial charge is 0.115 e. The molecule has 0 unspecified atom stereocenters. The third-order valence-electron chi connectivity index (χ3n) is 4.13. The molecule has 0 aliphatic rings. The van der Waals surface area contributed by atoms with Gasteiger partial charge < -0.3 is 10.2 Å². The fraction of sp³-hybridized carbons (Fsp3) is 0. The summed E-state index contributed by atoms with van der Waals surface area (Å²) in [7, 11) is 0. The van der Waals surface area contributed by atoms with Crippen LogP contribution in [0.2, 0.25) is 0 Å². The van der Waals surface area contributed by atoms with Crippen molar-refractivity contribution in [1.82, 2.24) is 0 Å². The minimum absolute atomic E-state index is 0.163. The van der Waals surface area contributed by atoms with Crippen LogP contribution in [0, 0.1) is 22.7 Å². The predicted molar refractivity (Wildman–Crippen MR) is 110 cm³/mol. The molecule has 0 atom stereocenters. The molecule has 0 saturated heterocycles. The Labute approximate surface area is 163 Å². The summed E-state index contributed by atoms with van der Waals surface area (Å²) in [5, 5.41) is 37.9. The minimum Gasteiger partial charge on any atom is -0.508 e. The molecule has 0 bridgehead atoms. The topological polar surface area (TPSA) is 88.0 Å². The molecule has 3 aromatic rings. The van der Waals surface area contributed by atoms with Crippen LogP contribution in [-0.2, 0) is 0 Å². The van der Waals surface area contributed by atoms with Crippen LogP contribution in [0.3, 0.4) is 0 Å². The van der Waals surface area contributed by atoms with Crippen molar-refractivity contribution < 1.29 is 10.2 Å². The molecule has 3 aromatic carbocycles. The van der Waals surface area contributed by atoms with E-state index >= 15 is 0 Å². The molecule has 0 amide bonds. The quantitative estimate of drug-likeness (QED) is 0.490. The normalized spacial score (nSPS) is 11.5. The molecule has 2 N–H and O–H groups in total. The van der Waals surface area contributed by atoms with Crippen molar-refractivity contribution in [1.29, 1.82) is 10.5 Å². The maximum atomic E-state index is 9.57. The zero-order valence-electron chi connectivity index (χ0n) is 14.9. The Morgan fingerprint density at radius 1 is 0.643 bits per heavy atom. The summed E-state index contributed by atoms with van der Waals surface area (Å²) in [4.78, 5) is 0. The third-order valence-corrected chi connectivity index (χ3v) is 4.13. The van der Waals surface area contributed by atoms with Crippen LogP contribution >= 0.6 is 0 Å². The van der Waals surface area contributed by atoms with Crippen molar-refractivity contribution in [2.75, 3.05) is 0 Å². The number of hydrogen-bond donors (Lipinski definition) is 2. The molecule has 0 spiro atoms. The molecule has 28 heavy (non-hydrogen) atoms. The number of nitriles is 2. The van der Waals surface area contributed by atoms with E-state index in [4.69, 9.17) is 0 Å². The van der Waals surface area contributed by atoms with Gasteiger partial charge in [0.25, 0.3) is 0 Å². The van der Waals surface area contributed by atoms with Gasteiger partial charge in [0.2, 0.25) is 0 Å². The standard InChI is InChI=1S/C24H16N2O2/c25-15-21(12-17-4-8-23(27)9-5-17)19-2-1-3-20(14-19)22(16-26)13-18-6-10-24(28)11-7-18/h1-14,27-28H. The van der Waals surface area contributed by atoms with Crippen LogP contribution in [0.1, 0.15) is 22.3 Å². The second kappa shape index (κ2) is 8.40. The van der Waals surface area contributed by atoms with E-state index in [-0.39, 0.29) is 11.5 Å². The summed E-state index contributed by atoms with van der Waals surface area (Å²) >= 11 is 0. The Morgan fingerprint density at radius 3 is 1.39 bits per heavy atom. The second-order valence-electron chi connectivity index (χ2n) is 6.10. The van der Waals surface area contributed by atoms with E-state index in [9.17, 15) is 20.7 Å². The molecule has 134 valence electrons. The zero-order chi connectivity index (χ0) is 19.9. The minimum atomic E-state index is 0.163. The van der Waals surface area contributed by atoms with E-state index in [1.54, 1.807) is 72.8 Å². The summed E-state index contributed by atoms with van der Waals surface area (Å²) in [6.07, 6.45) is 3.46. The molecule has 0 aliphatic carbocycles. The Morgan fingerprint density at radius 2 is 1.04 bits per heavy atom. The van der Waals surface area contributed by atoms with Gasteiger partial charge in [0.1, 0.15) is 11.5 Å². The maximum absolute atomic E-state index is 9.57. The van der Waals surface area contributed by atoms with E-state index in [1.165, 1.54) is 0 Å². The molecule has 3 rings (SSSR count). The Hall–Kier alpha value is -4.28. The lowest BCUT2D eigenvalue weighted by Crippen LogP contribution is -1.87. The Kier molecular flexibility index (Phi) is 5.55. The molecule has 4 nitrogen and oxygen atoms in total. The Balaban J connectivity index is 1.98. The van der Waals surface area contributed by atoms with Crippen molar-refractivity contribution in [3.05, 3.63) is 95.1 Å². The highest BCUT2D eigenvalue weighted by Crippen LogP contribution is 2.24. The number of aromatic hydroxyl groups is 2. The van der Waals surface area contributed by atoms with Crippen LogP contribution in [0.5, 0.6) is 11.5 Å². The van der Waals surface area contributed by atoms with E-state index in [1.807, 2.05) is 12.1 Å². The van der Waals surface area contributed by atoms with Crippen LogP contribution in [0.4, 0.5) is 0 Å². The molecule has 0 fully saturated rings. The second-order valence-corrected chi connectivity index (χ2v) is 6.10. The Bertz CT molecular complexity index is 1040. The summed E-state index contributed by atoms with van der Waals surface area (Å²) in [5.41, 5.74) is 3.88. The van der Waals surface area contributed by atoms with Crippen LogP contribution in [0.15, 0.2) is 72.8 Å². The van der Waals surface area contributed by atoms with Gasteiger partial charge >= 0.3 is 0 Å². The summed E-state index contributed by atoms with van der Waals surface area (Å²) in [6.45, 7) is 0. The average molecular weight is 364 g/mol. The van der Waals surface area contributed by atoms with Gasteiger partial charge in [-0.2, -0.15) is 10.5 Å². The third kappa shape index (κ3) is 4.46. The molecular weight excluding hydrogens is 348 g/mol. The van der Waals surface area contributed by atoms with E-state index in [2.05, 4.69) is 12.1 Å². The summed E-state index contributed by atoms with van der Waals surface area (Å²) in [6, 6.07) is 24.7. The van der Waals surface area contributed by atoms with Gasteiger partial charge in [-0.3, -0.25) is 0 Å². The van der Waals surface area contributed by atoms with E-state index in [0.29, 0.717) is 22.3 Å². The molecule has 4 heteroatoms. The van der Waals surface area contributed by atoms with Gasteiger partial charge in [0.15, 0.2) is 0 Å². The van der Waals surface area contributed by atoms with Gasteiger partial charge in [-0.05, 0) is 64.7 Å². The van der Waals surface area contributed by atoms with Gasteiger partial charge in [0, 0.05) is 0 Å². The van der Waals surface area contributed by atoms with Gasteiger partial charge in [0.05, 0.1) is 23.3 Å². The number of phenols is 2. The number of rotatable bonds is 4. The van der Waals surface area contributed by atoms with Crippen LogP contribution in [-0.4, -0.2) is 10.2 Å². The van der Waals surface area contributed by atoms with Gasteiger partial charge in [-0.1, -0.05) is 42.5 Å². The van der Waals surface area contributed by atoms with Crippen LogP contribution < -0.4 is 0 Å². The zero-order valence-corrected chi connectivity index (χ0v) is 14.9.